The number of hydrogen-bond donors (Lipinski definition) is 1. The highest BCUT2D eigenvalue weighted by Crippen LogP contribution is 2.30. The SMILES string of the molecule is CCOc1cc(/C=N\NC(=O)CSc2nc3ccccc3s2)ccc1OC(C)C. The van der Waals surface area contributed by atoms with Crippen molar-refractivity contribution in [2.45, 2.75) is 31.2 Å². The van der Waals surface area contributed by atoms with Crippen LogP contribution in [0.4, 0.5) is 0 Å². The van der Waals surface area contributed by atoms with Crippen molar-refractivity contribution in [1.29, 1.82) is 0 Å². The highest BCUT2D eigenvalue weighted by molar-refractivity contribution is 8.01. The number of fused-ring (bicyclic) bond motifs is 1. The lowest BCUT2D eigenvalue weighted by molar-refractivity contribution is -0.118. The van der Waals surface area contributed by atoms with Gasteiger partial charge >= 0.3 is 0 Å². The summed E-state index contributed by atoms with van der Waals surface area (Å²) < 4.78 is 13.4. The molecule has 152 valence electrons. The van der Waals surface area contributed by atoms with E-state index in [1.807, 2.05) is 63.2 Å². The highest BCUT2D eigenvalue weighted by atomic mass is 32.2. The maximum atomic E-state index is 12.1. The van der Waals surface area contributed by atoms with Gasteiger partial charge in [0.25, 0.3) is 5.91 Å². The summed E-state index contributed by atoms with van der Waals surface area (Å²) in [6.07, 6.45) is 1.64. The van der Waals surface area contributed by atoms with Gasteiger partial charge in [-0.15, -0.1) is 11.3 Å². The number of nitrogens with zero attached hydrogens (tertiary/aromatic N) is 2. The second-order valence-electron chi connectivity index (χ2n) is 6.34. The fraction of sp³-hybridized carbons (Fsp3) is 0.286. The highest BCUT2D eigenvalue weighted by Gasteiger charge is 2.09. The molecule has 6 nitrogen and oxygen atoms in total. The molecule has 1 amide bonds. The molecule has 1 heterocycles. The van der Waals surface area contributed by atoms with Crippen molar-refractivity contribution in [2.24, 2.45) is 5.10 Å². The number of benzene rings is 2. The standard InChI is InChI=1S/C21H23N3O3S2/c1-4-26-18-11-15(9-10-17(18)27-14(2)3)12-22-24-20(25)13-28-21-23-16-7-5-6-8-19(16)29-21/h5-12,14H,4,13H2,1-3H3,(H,24,25)/b22-12-. The maximum Gasteiger partial charge on any atom is 0.250 e. The molecule has 0 aliphatic heterocycles. The van der Waals surface area contributed by atoms with Gasteiger partial charge in [-0.3, -0.25) is 4.79 Å². The topological polar surface area (TPSA) is 72.8 Å². The lowest BCUT2D eigenvalue weighted by Gasteiger charge is -2.14. The Morgan fingerprint density at radius 2 is 2.10 bits per heavy atom. The number of hydrogen-bond acceptors (Lipinski definition) is 7. The summed E-state index contributed by atoms with van der Waals surface area (Å²) >= 11 is 2.98. The van der Waals surface area contributed by atoms with E-state index in [4.69, 9.17) is 9.47 Å². The maximum absolute atomic E-state index is 12.1. The minimum atomic E-state index is -0.185. The average molecular weight is 430 g/mol. The average Bonchev–Trinajstić information content (AvgIpc) is 3.11. The Balaban J connectivity index is 1.54. The molecule has 1 aromatic heterocycles. The van der Waals surface area contributed by atoms with E-state index in [9.17, 15) is 4.79 Å². The van der Waals surface area contributed by atoms with Crippen LogP contribution < -0.4 is 14.9 Å². The predicted molar refractivity (Wildman–Crippen MR) is 119 cm³/mol. The molecule has 0 aliphatic carbocycles. The largest absolute Gasteiger partial charge is 0.490 e. The summed E-state index contributed by atoms with van der Waals surface area (Å²) in [7, 11) is 0. The van der Waals surface area contributed by atoms with Crippen LogP contribution in [0.1, 0.15) is 26.3 Å². The number of nitrogens with one attached hydrogen (secondary N) is 1. The number of aromatic nitrogens is 1. The number of para-hydroxylation sites is 1. The number of carbonyl (C=O) groups is 1. The number of thioether (sulfide) groups is 1. The quantitative estimate of drug-likeness (QED) is 0.303. The molecule has 0 radical (unpaired) electrons. The summed E-state index contributed by atoms with van der Waals surface area (Å²) in [5.74, 6) is 1.41. The molecule has 0 aliphatic rings. The first-order valence-electron chi connectivity index (χ1n) is 9.29. The zero-order chi connectivity index (χ0) is 20.6. The Morgan fingerprint density at radius 3 is 2.86 bits per heavy atom. The lowest BCUT2D eigenvalue weighted by Crippen LogP contribution is -2.19. The van der Waals surface area contributed by atoms with Gasteiger partial charge < -0.3 is 9.47 Å². The fourth-order valence-corrected chi connectivity index (χ4v) is 4.34. The molecule has 3 aromatic rings. The summed E-state index contributed by atoms with van der Waals surface area (Å²) in [5, 5.41) is 4.04. The van der Waals surface area contributed by atoms with Crippen LogP contribution in [0.3, 0.4) is 0 Å². The molecule has 0 bridgehead atoms. The smallest absolute Gasteiger partial charge is 0.250 e. The van der Waals surface area contributed by atoms with E-state index in [0.717, 1.165) is 20.1 Å². The molecule has 0 saturated heterocycles. The number of thiazole rings is 1. The molecule has 0 atom stereocenters. The molecule has 8 heteroatoms. The summed E-state index contributed by atoms with van der Waals surface area (Å²) in [6.45, 7) is 6.39. The van der Waals surface area contributed by atoms with Crippen LogP contribution in [0.2, 0.25) is 0 Å². The zero-order valence-corrected chi connectivity index (χ0v) is 18.2. The van der Waals surface area contributed by atoms with Gasteiger partial charge in [0.1, 0.15) is 0 Å². The molecule has 2 aromatic carbocycles. The van der Waals surface area contributed by atoms with Crippen LogP contribution in [0.5, 0.6) is 11.5 Å². The zero-order valence-electron chi connectivity index (χ0n) is 16.5. The van der Waals surface area contributed by atoms with Crippen LogP contribution in [0, 0.1) is 0 Å². The van der Waals surface area contributed by atoms with Crippen LogP contribution in [-0.2, 0) is 4.79 Å². The minimum absolute atomic E-state index is 0.0564. The van der Waals surface area contributed by atoms with E-state index >= 15 is 0 Å². The third-order valence-electron chi connectivity index (χ3n) is 3.63. The molecule has 29 heavy (non-hydrogen) atoms. The Kier molecular flexibility index (Phi) is 7.48. The molecular formula is C21H23N3O3S2. The van der Waals surface area contributed by atoms with Gasteiger partial charge in [0.15, 0.2) is 15.8 Å². The first-order valence-corrected chi connectivity index (χ1v) is 11.1. The van der Waals surface area contributed by atoms with Gasteiger partial charge in [0.2, 0.25) is 0 Å². The number of amides is 1. The Labute approximate surface area is 178 Å². The predicted octanol–water partition coefficient (Wildman–Crippen LogP) is 4.72. The number of carbonyl (C=O) groups excluding carboxylic acids is 1. The summed E-state index contributed by atoms with van der Waals surface area (Å²) in [6, 6.07) is 13.5. The van der Waals surface area contributed by atoms with Crippen LogP contribution in [-0.4, -0.2) is 35.6 Å². The molecule has 0 saturated carbocycles. The lowest BCUT2D eigenvalue weighted by atomic mass is 10.2. The molecule has 1 N–H and O–H groups in total. The van der Waals surface area contributed by atoms with E-state index < -0.39 is 0 Å². The van der Waals surface area contributed by atoms with Gasteiger partial charge in [-0.1, -0.05) is 23.9 Å². The molecular weight excluding hydrogens is 406 g/mol. The third kappa shape index (κ3) is 6.20. The third-order valence-corrected chi connectivity index (χ3v) is 5.81. The van der Waals surface area contributed by atoms with Gasteiger partial charge in [-0.05, 0) is 56.7 Å². The van der Waals surface area contributed by atoms with Crippen molar-refractivity contribution < 1.29 is 14.3 Å². The number of rotatable bonds is 9. The second-order valence-corrected chi connectivity index (χ2v) is 8.59. The van der Waals surface area contributed by atoms with E-state index in [1.54, 1.807) is 17.6 Å². The van der Waals surface area contributed by atoms with Crippen LogP contribution in [0.25, 0.3) is 10.2 Å². The number of ether oxygens (including phenoxy) is 2. The Hall–Kier alpha value is -2.58. The van der Waals surface area contributed by atoms with E-state index in [-0.39, 0.29) is 17.8 Å². The van der Waals surface area contributed by atoms with E-state index in [2.05, 4.69) is 15.5 Å². The summed E-state index contributed by atoms with van der Waals surface area (Å²) in [4.78, 5) is 16.6. The van der Waals surface area contributed by atoms with Crippen molar-refractivity contribution >= 4 is 45.4 Å². The van der Waals surface area contributed by atoms with Gasteiger partial charge in [0.05, 0.1) is 34.9 Å². The van der Waals surface area contributed by atoms with E-state index in [0.29, 0.717) is 18.1 Å². The molecule has 3 rings (SSSR count). The van der Waals surface area contributed by atoms with Crippen LogP contribution in [0.15, 0.2) is 51.9 Å². The molecule has 0 spiro atoms. The van der Waals surface area contributed by atoms with Gasteiger partial charge in [-0.2, -0.15) is 5.10 Å². The monoisotopic (exact) mass is 429 g/mol. The van der Waals surface area contributed by atoms with Crippen molar-refractivity contribution in [2.75, 3.05) is 12.4 Å². The first kappa shape index (κ1) is 21.1. The van der Waals surface area contributed by atoms with Crippen LogP contribution >= 0.6 is 23.1 Å². The van der Waals surface area contributed by atoms with Crippen molar-refractivity contribution in [3.05, 3.63) is 48.0 Å². The van der Waals surface area contributed by atoms with Crippen molar-refractivity contribution in [3.63, 3.8) is 0 Å². The van der Waals surface area contributed by atoms with Gasteiger partial charge in [0, 0.05) is 0 Å². The fourth-order valence-electron chi connectivity index (χ4n) is 2.48. The molecule has 0 fully saturated rings. The number of hydrazone groups is 1. The Morgan fingerprint density at radius 1 is 1.28 bits per heavy atom. The summed E-state index contributed by atoms with van der Waals surface area (Å²) in [5.41, 5.74) is 4.31. The molecule has 0 unspecified atom stereocenters. The van der Waals surface area contributed by atoms with Crippen molar-refractivity contribution in [1.82, 2.24) is 10.4 Å². The normalized spacial score (nSPS) is 11.3. The Bertz CT molecular complexity index is 969. The van der Waals surface area contributed by atoms with Gasteiger partial charge in [-0.25, -0.2) is 10.4 Å². The van der Waals surface area contributed by atoms with E-state index in [1.165, 1.54) is 11.8 Å². The first-order chi connectivity index (χ1) is 14.0. The minimum Gasteiger partial charge on any atom is -0.490 e. The second kappa shape index (κ2) is 10.3. The van der Waals surface area contributed by atoms with Crippen molar-refractivity contribution in [3.8, 4) is 11.5 Å².